The third-order valence-electron chi connectivity index (χ3n) is 3.63. The summed E-state index contributed by atoms with van der Waals surface area (Å²) in [4.78, 5) is 24.9. The zero-order valence-electron chi connectivity index (χ0n) is 13.8. The number of benzene rings is 1. The fourth-order valence-electron chi connectivity index (χ4n) is 2.36. The van der Waals surface area contributed by atoms with Gasteiger partial charge in [-0.25, -0.2) is 0 Å². The summed E-state index contributed by atoms with van der Waals surface area (Å²) in [5.74, 6) is 0.829. The fraction of sp³-hybridized carbons (Fsp3) is 0.500. The number of thioether (sulfide) groups is 1. The molecular formula is C16H20F2N2O4S. The predicted octanol–water partition coefficient (Wildman–Crippen LogP) is 2.51. The first kappa shape index (κ1) is 19.3. The van der Waals surface area contributed by atoms with Crippen molar-refractivity contribution in [3.05, 3.63) is 23.8 Å². The van der Waals surface area contributed by atoms with E-state index < -0.39 is 6.61 Å². The highest BCUT2D eigenvalue weighted by Gasteiger charge is 2.21. The molecule has 9 heteroatoms. The predicted molar refractivity (Wildman–Crippen MR) is 90.4 cm³/mol. The Morgan fingerprint density at radius 3 is 2.84 bits per heavy atom. The molecule has 2 rings (SSSR count). The molecule has 1 aliphatic rings. The first-order valence-electron chi connectivity index (χ1n) is 7.79. The van der Waals surface area contributed by atoms with E-state index in [0.717, 1.165) is 11.3 Å². The van der Waals surface area contributed by atoms with Crippen LogP contribution in [0.2, 0.25) is 0 Å². The number of nitrogens with zero attached hydrogens (tertiary/aromatic N) is 1. The summed E-state index contributed by atoms with van der Waals surface area (Å²) in [6, 6.07) is 4.66. The number of hydrogen-bond donors (Lipinski definition) is 1. The van der Waals surface area contributed by atoms with Gasteiger partial charge in [-0.2, -0.15) is 8.78 Å². The zero-order valence-corrected chi connectivity index (χ0v) is 14.6. The maximum absolute atomic E-state index is 12.3. The molecule has 0 aromatic heterocycles. The number of carbonyl (C=O) groups excluding carboxylic acids is 2. The van der Waals surface area contributed by atoms with Gasteiger partial charge in [0, 0.05) is 31.8 Å². The number of amides is 2. The van der Waals surface area contributed by atoms with Gasteiger partial charge in [0.15, 0.2) is 11.5 Å². The number of alkyl halides is 2. The molecule has 6 nitrogen and oxygen atoms in total. The maximum Gasteiger partial charge on any atom is 0.387 e. The number of rotatable bonds is 9. The Labute approximate surface area is 148 Å². The Morgan fingerprint density at radius 2 is 2.20 bits per heavy atom. The molecule has 138 valence electrons. The molecule has 0 bridgehead atoms. The monoisotopic (exact) mass is 374 g/mol. The van der Waals surface area contributed by atoms with E-state index >= 15 is 0 Å². The van der Waals surface area contributed by atoms with Gasteiger partial charge in [0.1, 0.15) is 0 Å². The van der Waals surface area contributed by atoms with E-state index in [1.165, 1.54) is 24.9 Å². The van der Waals surface area contributed by atoms with Gasteiger partial charge >= 0.3 is 6.61 Å². The molecule has 1 aromatic carbocycles. The number of hydrogen-bond acceptors (Lipinski definition) is 5. The highest BCUT2D eigenvalue weighted by Crippen LogP contribution is 2.29. The van der Waals surface area contributed by atoms with E-state index in [1.54, 1.807) is 17.0 Å². The van der Waals surface area contributed by atoms with Crippen LogP contribution in [0.1, 0.15) is 12.0 Å². The summed E-state index contributed by atoms with van der Waals surface area (Å²) in [5, 5.41) is 2.80. The van der Waals surface area contributed by atoms with Crippen molar-refractivity contribution in [1.29, 1.82) is 0 Å². The third-order valence-corrected chi connectivity index (χ3v) is 4.53. The number of carbonyl (C=O) groups is 2. The normalized spacial score (nSPS) is 14.1. The van der Waals surface area contributed by atoms with Crippen molar-refractivity contribution < 1.29 is 27.8 Å². The molecule has 0 unspecified atom stereocenters. The minimum absolute atomic E-state index is 0.0194. The Kier molecular flexibility index (Phi) is 7.30. The summed E-state index contributed by atoms with van der Waals surface area (Å²) in [7, 11) is 1.37. The Morgan fingerprint density at radius 1 is 1.40 bits per heavy atom. The van der Waals surface area contributed by atoms with Gasteiger partial charge in [-0.15, -0.1) is 0 Å². The lowest BCUT2D eigenvalue weighted by molar-refractivity contribution is -0.121. The molecule has 1 saturated heterocycles. The first-order valence-corrected chi connectivity index (χ1v) is 8.78. The van der Waals surface area contributed by atoms with Crippen molar-refractivity contribution >= 4 is 22.9 Å². The number of halogens is 2. The molecule has 1 aromatic rings. The molecule has 1 heterocycles. The molecule has 0 atom stereocenters. The van der Waals surface area contributed by atoms with Crippen molar-refractivity contribution in [2.24, 2.45) is 0 Å². The van der Waals surface area contributed by atoms with Gasteiger partial charge in [0.25, 0.3) is 5.24 Å². The summed E-state index contributed by atoms with van der Waals surface area (Å²) in [6.07, 6.45) is 0.784. The van der Waals surface area contributed by atoms with Crippen LogP contribution in [0.4, 0.5) is 13.6 Å². The average molecular weight is 374 g/mol. The minimum Gasteiger partial charge on any atom is -0.493 e. The molecule has 1 fully saturated rings. The van der Waals surface area contributed by atoms with Crippen molar-refractivity contribution in [2.45, 2.75) is 19.5 Å². The first-order chi connectivity index (χ1) is 12.0. The van der Waals surface area contributed by atoms with Gasteiger partial charge in [-0.05, 0) is 24.1 Å². The molecule has 1 aliphatic heterocycles. The van der Waals surface area contributed by atoms with Gasteiger partial charge < -0.3 is 19.7 Å². The topological polar surface area (TPSA) is 67.9 Å². The lowest BCUT2D eigenvalue weighted by Crippen LogP contribution is -2.31. The standard InChI is InChI=1S/C16H20F2N2O4S/c1-23-13-10-11(2-3-12(13)24-15(17)18)4-6-19-14(21)5-7-20-8-9-25-16(20)22/h2-3,10,15H,4-9H2,1H3,(H,19,21). The average Bonchev–Trinajstić information content (AvgIpc) is 2.98. The van der Waals surface area contributed by atoms with Crippen LogP contribution < -0.4 is 14.8 Å². The van der Waals surface area contributed by atoms with Crippen LogP contribution in [0.5, 0.6) is 11.5 Å². The van der Waals surface area contributed by atoms with E-state index in [-0.39, 0.29) is 29.1 Å². The van der Waals surface area contributed by atoms with Crippen LogP contribution in [0.3, 0.4) is 0 Å². The van der Waals surface area contributed by atoms with Crippen LogP contribution in [0, 0.1) is 0 Å². The molecule has 25 heavy (non-hydrogen) atoms. The van der Waals surface area contributed by atoms with E-state index in [9.17, 15) is 18.4 Å². The highest BCUT2D eigenvalue weighted by molar-refractivity contribution is 8.13. The van der Waals surface area contributed by atoms with Gasteiger partial charge in [0.2, 0.25) is 5.91 Å². The van der Waals surface area contributed by atoms with Crippen LogP contribution in [-0.4, -0.2) is 55.2 Å². The highest BCUT2D eigenvalue weighted by atomic mass is 32.2. The van der Waals surface area contributed by atoms with E-state index in [1.807, 2.05) is 0 Å². The Balaban J connectivity index is 1.75. The summed E-state index contributed by atoms with van der Waals surface area (Å²) < 4.78 is 34.0. The molecule has 1 N–H and O–H groups in total. The minimum atomic E-state index is -2.92. The second-order valence-electron chi connectivity index (χ2n) is 5.32. The molecule has 0 radical (unpaired) electrons. The van der Waals surface area contributed by atoms with Crippen molar-refractivity contribution in [3.8, 4) is 11.5 Å². The van der Waals surface area contributed by atoms with Crippen molar-refractivity contribution in [3.63, 3.8) is 0 Å². The quantitative estimate of drug-likeness (QED) is 0.719. The number of methoxy groups -OCH3 is 1. The van der Waals surface area contributed by atoms with Gasteiger partial charge in [-0.3, -0.25) is 9.59 Å². The molecule has 0 saturated carbocycles. The smallest absolute Gasteiger partial charge is 0.387 e. The van der Waals surface area contributed by atoms with Gasteiger partial charge in [-0.1, -0.05) is 17.8 Å². The molecule has 0 aliphatic carbocycles. The zero-order chi connectivity index (χ0) is 18.2. The van der Waals surface area contributed by atoms with E-state index in [2.05, 4.69) is 10.1 Å². The lowest BCUT2D eigenvalue weighted by Gasteiger charge is -2.14. The largest absolute Gasteiger partial charge is 0.493 e. The second kappa shape index (κ2) is 9.45. The van der Waals surface area contributed by atoms with E-state index in [0.29, 0.717) is 26.1 Å². The van der Waals surface area contributed by atoms with Gasteiger partial charge in [0.05, 0.1) is 7.11 Å². The van der Waals surface area contributed by atoms with Crippen LogP contribution >= 0.6 is 11.8 Å². The van der Waals surface area contributed by atoms with E-state index in [4.69, 9.17) is 4.74 Å². The SMILES string of the molecule is COc1cc(CCNC(=O)CCN2CCSC2=O)ccc1OC(F)F. The van der Waals surface area contributed by atoms with Crippen molar-refractivity contribution in [1.82, 2.24) is 10.2 Å². The summed E-state index contributed by atoms with van der Waals surface area (Å²) in [6.45, 7) is -1.41. The molecule has 0 spiro atoms. The Bertz CT molecular complexity index is 616. The van der Waals surface area contributed by atoms with Crippen LogP contribution in [-0.2, 0) is 11.2 Å². The molecular weight excluding hydrogens is 354 g/mol. The summed E-state index contributed by atoms with van der Waals surface area (Å²) >= 11 is 1.27. The third kappa shape index (κ3) is 6.08. The van der Waals surface area contributed by atoms with Crippen molar-refractivity contribution in [2.75, 3.05) is 32.5 Å². The second-order valence-corrected chi connectivity index (χ2v) is 6.36. The maximum atomic E-state index is 12.3. The fourth-order valence-corrected chi connectivity index (χ4v) is 3.21. The van der Waals surface area contributed by atoms with Crippen LogP contribution in [0.25, 0.3) is 0 Å². The van der Waals surface area contributed by atoms with Crippen LogP contribution in [0.15, 0.2) is 18.2 Å². The number of nitrogens with one attached hydrogen (secondary N) is 1. The lowest BCUT2D eigenvalue weighted by atomic mass is 10.1. The summed E-state index contributed by atoms with van der Waals surface area (Å²) in [5.41, 5.74) is 0.824. The molecule has 2 amide bonds. The number of ether oxygens (including phenoxy) is 2. The Hall–Kier alpha value is -2.03.